The number of oxazole rings is 1. The van der Waals surface area contributed by atoms with Crippen LogP contribution in [-0.4, -0.2) is 15.7 Å². The lowest BCUT2D eigenvalue weighted by Gasteiger charge is -2.31. The quantitative estimate of drug-likeness (QED) is 0.914. The molecule has 0 unspecified atom stereocenters. The smallest absolute Gasteiger partial charge is 0.226 e. The molecule has 0 radical (unpaired) electrons. The minimum atomic E-state index is -0.580. The zero-order chi connectivity index (χ0) is 13.1. The van der Waals surface area contributed by atoms with E-state index >= 15 is 0 Å². The van der Waals surface area contributed by atoms with Gasteiger partial charge in [0.2, 0.25) is 5.89 Å². The summed E-state index contributed by atoms with van der Waals surface area (Å²) in [6.45, 7) is 0. The van der Waals surface area contributed by atoms with Gasteiger partial charge in [-0.25, -0.2) is 4.98 Å². The summed E-state index contributed by atoms with van der Waals surface area (Å²) in [5, 5.41) is 10.5. The van der Waals surface area contributed by atoms with Crippen LogP contribution >= 0.6 is 0 Å². The maximum Gasteiger partial charge on any atom is 0.226 e. The molecule has 0 spiro atoms. The first-order valence-corrected chi connectivity index (χ1v) is 6.97. The van der Waals surface area contributed by atoms with E-state index in [1.54, 1.807) is 6.26 Å². The Kier molecular flexibility index (Phi) is 3.38. The first-order chi connectivity index (χ1) is 9.25. The lowest BCUT2D eigenvalue weighted by atomic mass is 9.82. The third-order valence-corrected chi connectivity index (χ3v) is 3.87. The van der Waals surface area contributed by atoms with Crippen LogP contribution in [0.5, 0.6) is 0 Å². The molecule has 3 rings (SSSR count). The van der Waals surface area contributed by atoms with Crippen LogP contribution in [0.1, 0.15) is 37.8 Å². The molecule has 0 bridgehead atoms. The summed E-state index contributed by atoms with van der Waals surface area (Å²) in [5.74, 6) is 0.634. The fraction of sp³-hybridized carbons (Fsp3) is 0.438. The van der Waals surface area contributed by atoms with E-state index in [4.69, 9.17) is 4.42 Å². The van der Waals surface area contributed by atoms with Crippen LogP contribution in [0.25, 0.3) is 11.5 Å². The lowest BCUT2D eigenvalue weighted by Crippen LogP contribution is -2.33. The van der Waals surface area contributed by atoms with E-state index in [-0.39, 0.29) is 0 Å². The highest BCUT2D eigenvalue weighted by atomic mass is 16.3. The van der Waals surface area contributed by atoms with Crippen molar-refractivity contribution in [2.24, 2.45) is 0 Å². The molecule has 3 nitrogen and oxygen atoms in total. The SMILES string of the molecule is OC1(Cc2coc(-c3ccccc3)n2)CCCCC1. The van der Waals surface area contributed by atoms with Gasteiger partial charge in [0, 0.05) is 12.0 Å². The Hall–Kier alpha value is -1.61. The summed E-state index contributed by atoms with van der Waals surface area (Å²) in [4.78, 5) is 4.49. The molecule has 1 N–H and O–H groups in total. The van der Waals surface area contributed by atoms with Crippen LogP contribution in [0.4, 0.5) is 0 Å². The number of rotatable bonds is 3. The number of aliphatic hydroxyl groups is 1. The summed E-state index contributed by atoms with van der Waals surface area (Å²) in [7, 11) is 0. The topological polar surface area (TPSA) is 46.3 Å². The standard InChI is InChI=1S/C16H19NO2/c18-16(9-5-2-6-10-16)11-14-12-19-15(17-14)13-7-3-1-4-8-13/h1,3-4,7-8,12,18H,2,5-6,9-11H2. The fourth-order valence-corrected chi connectivity index (χ4v) is 2.83. The lowest BCUT2D eigenvalue weighted by molar-refractivity contribution is 0.00365. The van der Waals surface area contributed by atoms with Gasteiger partial charge in [0.05, 0.1) is 11.3 Å². The van der Waals surface area contributed by atoms with Crippen molar-refractivity contribution in [3.63, 3.8) is 0 Å². The van der Waals surface area contributed by atoms with E-state index in [9.17, 15) is 5.11 Å². The zero-order valence-corrected chi connectivity index (χ0v) is 11.0. The first kappa shape index (κ1) is 12.4. The first-order valence-electron chi connectivity index (χ1n) is 6.97. The highest BCUT2D eigenvalue weighted by Gasteiger charge is 2.30. The normalized spacial score (nSPS) is 18.4. The van der Waals surface area contributed by atoms with E-state index in [1.807, 2.05) is 30.3 Å². The Morgan fingerprint density at radius 1 is 1.11 bits per heavy atom. The molecule has 1 aromatic heterocycles. The molecule has 1 aliphatic carbocycles. The van der Waals surface area contributed by atoms with Crippen molar-refractivity contribution in [1.82, 2.24) is 4.98 Å². The van der Waals surface area contributed by atoms with Gasteiger partial charge in [-0.05, 0) is 25.0 Å². The largest absolute Gasteiger partial charge is 0.444 e. The highest BCUT2D eigenvalue weighted by molar-refractivity contribution is 5.52. The molecule has 0 amide bonds. The van der Waals surface area contributed by atoms with Crippen molar-refractivity contribution in [3.05, 3.63) is 42.3 Å². The minimum absolute atomic E-state index is 0.580. The van der Waals surface area contributed by atoms with Crippen LogP contribution in [0.2, 0.25) is 0 Å². The Bertz CT molecular complexity index is 527. The average Bonchev–Trinajstić information content (AvgIpc) is 2.88. The van der Waals surface area contributed by atoms with E-state index in [0.717, 1.165) is 36.9 Å². The Labute approximate surface area is 113 Å². The predicted molar refractivity (Wildman–Crippen MR) is 73.7 cm³/mol. The van der Waals surface area contributed by atoms with Crippen molar-refractivity contribution in [3.8, 4) is 11.5 Å². The van der Waals surface area contributed by atoms with Gasteiger partial charge < -0.3 is 9.52 Å². The molecule has 100 valence electrons. The summed E-state index contributed by atoms with van der Waals surface area (Å²) in [6.07, 6.45) is 7.48. The summed E-state index contributed by atoms with van der Waals surface area (Å²) in [5.41, 5.74) is 1.25. The molecule has 0 aliphatic heterocycles. The van der Waals surface area contributed by atoms with Crippen molar-refractivity contribution >= 4 is 0 Å². The third-order valence-electron chi connectivity index (χ3n) is 3.87. The van der Waals surface area contributed by atoms with E-state index in [0.29, 0.717) is 12.3 Å². The minimum Gasteiger partial charge on any atom is -0.444 e. The van der Waals surface area contributed by atoms with Crippen LogP contribution in [0.3, 0.4) is 0 Å². The number of aromatic nitrogens is 1. The Balaban J connectivity index is 1.75. The van der Waals surface area contributed by atoms with E-state index < -0.39 is 5.60 Å². The summed E-state index contributed by atoms with van der Waals surface area (Å²) in [6, 6.07) is 9.86. The van der Waals surface area contributed by atoms with Crippen molar-refractivity contribution in [2.45, 2.75) is 44.1 Å². The van der Waals surface area contributed by atoms with Crippen molar-refractivity contribution in [2.75, 3.05) is 0 Å². The van der Waals surface area contributed by atoms with Gasteiger partial charge in [0.25, 0.3) is 0 Å². The molecule has 2 aromatic rings. The molecule has 1 aliphatic rings. The molecular weight excluding hydrogens is 238 g/mol. The molecule has 0 atom stereocenters. The van der Waals surface area contributed by atoms with E-state index in [1.165, 1.54) is 6.42 Å². The number of hydrogen-bond acceptors (Lipinski definition) is 3. The Morgan fingerprint density at radius 3 is 2.58 bits per heavy atom. The zero-order valence-electron chi connectivity index (χ0n) is 11.0. The monoisotopic (exact) mass is 257 g/mol. The van der Waals surface area contributed by atoms with Crippen molar-refractivity contribution in [1.29, 1.82) is 0 Å². The maximum atomic E-state index is 10.5. The average molecular weight is 257 g/mol. The third kappa shape index (κ3) is 2.87. The van der Waals surface area contributed by atoms with Gasteiger partial charge in [-0.2, -0.15) is 0 Å². The van der Waals surface area contributed by atoms with Crippen LogP contribution in [-0.2, 0) is 6.42 Å². The van der Waals surface area contributed by atoms with E-state index in [2.05, 4.69) is 4.98 Å². The second kappa shape index (κ2) is 5.17. The molecule has 1 aromatic carbocycles. The van der Waals surface area contributed by atoms with Gasteiger partial charge in [-0.3, -0.25) is 0 Å². The number of hydrogen-bond donors (Lipinski definition) is 1. The molecule has 0 saturated heterocycles. The predicted octanol–water partition coefficient (Wildman–Crippen LogP) is 3.58. The number of benzene rings is 1. The molecule has 1 saturated carbocycles. The van der Waals surface area contributed by atoms with Gasteiger partial charge >= 0.3 is 0 Å². The maximum absolute atomic E-state index is 10.5. The van der Waals surface area contributed by atoms with Gasteiger partial charge in [-0.1, -0.05) is 37.5 Å². The second-order valence-corrected chi connectivity index (χ2v) is 5.47. The molecule has 19 heavy (non-hydrogen) atoms. The second-order valence-electron chi connectivity index (χ2n) is 5.47. The summed E-state index contributed by atoms with van der Waals surface area (Å²) >= 11 is 0. The number of nitrogens with zero attached hydrogens (tertiary/aromatic N) is 1. The molecule has 3 heteroatoms. The summed E-state index contributed by atoms with van der Waals surface area (Å²) < 4.78 is 5.52. The van der Waals surface area contributed by atoms with Gasteiger partial charge in [0.1, 0.15) is 6.26 Å². The van der Waals surface area contributed by atoms with Crippen LogP contribution in [0.15, 0.2) is 41.0 Å². The van der Waals surface area contributed by atoms with Crippen molar-refractivity contribution < 1.29 is 9.52 Å². The molecule has 1 fully saturated rings. The van der Waals surface area contributed by atoms with Crippen LogP contribution < -0.4 is 0 Å². The van der Waals surface area contributed by atoms with Gasteiger partial charge in [-0.15, -0.1) is 0 Å². The fourth-order valence-electron chi connectivity index (χ4n) is 2.83. The molecule has 1 heterocycles. The molecular formula is C16H19NO2. The van der Waals surface area contributed by atoms with Gasteiger partial charge in [0.15, 0.2) is 0 Å². The Morgan fingerprint density at radius 2 is 1.84 bits per heavy atom. The highest BCUT2D eigenvalue weighted by Crippen LogP contribution is 2.31. The van der Waals surface area contributed by atoms with Crippen LogP contribution in [0, 0.1) is 0 Å².